The first-order chi connectivity index (χ1) is 13.2. The van der Waals surface area contributed by atoms with Crippen molar-refractivity contribution in [2.75, 3.05) is 26.2 Å². The van der Waals surface area contributed by atoms with Crippen molar-refractivity contribution >= 4 is 5.91 Å². The smallest absolute Gasteiger partial charge is 0.244 e. The first kappa shape index (κ1) is 18.2. The molecule has 2 aromatic rings. The molecular formula is C19H29N7O. The second-order valence-electron chi connectivity index (χ2n) is 7.75. The summed E-state index contributed by atoms with van der Waals surface area (Å²) in [7, 11) is 2.07. The Hall–Kier alpha value is -2.22. The highest BCUT2D eigenvalue weighted by Gasteiger charge is 2.28. The zero-order chi connectivity index (χ0) is 18.6. The highest BCUT2D eigenvalue weighted by Crippen LogP contribution is 2.26. The van der Waals surface area contributed by atoms with Gasteiger partial charge in [0, 0.05) is 38.4 Å². The van der Waals surface area contributed by atoms with E-state index >= 15 is 0 Å². The summed E-state index contributed by atoms with van der Waals surface area (Å²) in [6.45, 7) is 5.02. The van der Waals surface area contributed by atoms with E-state index in [9.17, 15) is 4.79 Å². The van der Waals surface area contributed by atoms with E-state index in [-0.39, 0.29) is 11.8 Å². The van der Waals surface area contributed by atoms with E-state index in [1.807, 2.05) is 17.2 Å². The Labute approximate surface area is 160 Å². The molecule has 146 valence electrons. The molecule has 0 bridgehead atoms. The van der Waals surface area contributed by atoms with Crippen molar-refractivity contribution in [3.63, 3.8) is 0 Å². The fourth-order valence-electron chi connectivity index (χ4n) is 4.23. The van der Waals surface area contributed by atoms with Crippen LogP contribution < -0.4 is 0 Å². The van der Waals surface area contributed by atoms with Crippen molar-refractivity contribution in [1.82, 2.24) is 34.3 Å². The summed E-state index contributed by atoms with van der Waals surface area (Å²) in [6.07, 6.45) is 9.49. The fourth-order valence-corrected chi connectivity index (χ4v) is 4.23. The van der Waals surface area contributed by atoms with Crippen LogP contribution in [0.5, 0.6) is 0 Å². The summed E-state index contributed by atoms with van der Waals surface area (Å²) < 4.78 is 3.84. The molecule has 1 atom stereocenters. The van der Waals surface area contributed by atoms with E-state index in [2.05, 4.69) is 31.8 Å². The lowest BCUT2D eigenvalue weighted by Gasteiger charge is -2.32. The third-order valence-electron chi connectivity index (χ3n) is 5.81. The fraction of sp³-hybridized carbons (Fsp3) is 0.684. The second-order valence-corrected chi connectivity index (χ2v) is 7.75. The number of nitrogens with zero attached hydrogens (tertiary/aromatic N) is 7. The zero-order valence-electron chi connectivity index (χ0n) is 16.1. The molecule has 2 aromatic heterocycles. The molecular weight excluding hydrogens is 342 g/mol. The topological polar surface area (TPSA) is 72.1 Å². The molecule has 4 rings (SSSR count). The van der Waals surface area contributed by atoms with Crippen molar-refractivity contribution in [1.29, 1.82) is 0 Å². The largest absolute Gasteiger partial charge is 0.340 e. The number of carbonyl (C=O) groups is 1. The maximum Gasteiger partial charge on any atom is 0.244 e. The molecule has 0 saturated carbocycles. The number of piperidine rings is 2. The van der Waals surface area contributed by atoms with Gasteiger partial charge in [0.05, 0.1) is 6.54 Å². The quantitative estimate of drug-likeness (QED) is 0.795. The zero-order valence-corrected chi connectivity index (χ0v) is 16.1. The molecule has 1 amide bonds. The molecule has 4 heterocycles. The van der Waals surface area contributed by atoms with Crippen LogP contribution in [0.25, 0.3) is 0 Å². The molecule has 8 heteroatoms. The van der Waals surface area contributed by atoms with Crippen molar-refractivity contribution in [3.05, 3.63) is 30.1 Å². The van der Waals surface area contributed by atoms with Crippen LogP contribution in [0.1, 0.15) is 49.7 Å². The molecule has 0 aliphatic carbocycles. The summed E-state index contributed by atoms with van der Waals surface area (Å²) in [4.78, 5) is 17.0. The van der Waals surface area contributed by atoms with Crippen LogP contribution >= 0.6 is 0 Å². The van der Waals surface area contributed by atoms with E-state index in [1.54, 1.807) is 10.9 Å². The molecule has 0 spiro atoms. The van der Waals surface area contributed by atoms with E-state index < -0.39 is 0 Å². The number of likely N-dealkylation sites (tertiary alicyclic amines) is 2. The lowest BCUT2D eigenvalue weighted by atomic mass is 9.97. The van der Waals surface area contributed by atoms with Gasteiger partial charge < -0.3 is 9.47 Å². The number of carbonyl (C=O) groups excluding carboxylic acids is 1. The van der Waals surface area contributed by atoms with Gasteiger partial charge in [-0.25, -0.2) is 0 Å². The maximum absolute atomic E-state index is 12.6. The highest BCUT2D eigenvalue weighted by atomic mass is 16.2. The van der Waals surface area contributed by atoms with Crippen LogP contribution in [-0.2, 0) is 24.9 Å². The Kier molecular flexibility index (Phi) is 5.52. The third-order valence-corrected chi connectivity index (χ3v) is 5.81. The number of amides is 1. The molecule has 2 aliphatic rings. The van der Waals surface area contributed by atoms with Gasteiger partial charge >= 0.3 is 0 Å². The minimum Gasteiger partial charge on any atom is -0.340 e. The van der Waals surface area contributed by atoms with Gasteiger partial charge in [0.15, 0.2) is 0 Å². The molecule has 2 aliphatic heterocycles. The highest BCUT2D eigenvalue weighted by molar-refractivity contribution is 5.76. The monoisotopic (exact) mass is 371 g/mol. The minimum atomic E-state index is 0.124. The van der Waals surface area contributed by atoms with Gasteiger partial charge in [-0.2, -0.15) is 5.10 Å². The van der Waals surface area contributed by atoms with Gasteiger partial charge in [-0.1, -0.05) is 6.42 Å². The lowest BCUT2D eigenvalue weighted by molar-refractivity contribution is -0.133. The van der Waals surface area contributed by atoms with Gasteiger partial charge in [-0.05, 0) is 44.8 Å². The molecule has 2 saturated heterocycles. The first-order valence-electron chi connectivity index (χ1n) is 10.1. The van der Waals surface area contributed by atoms with E-state index in [0.29, 0.717) is 6.54 Å². The molecule has 27 heavy (non-hydrogen) atoms. The molecule has 0 radical (unpaired) electrons. The Morgan fingerprint density at radius 2 is 2.00 bits per heavy atom. The van der Waals surface area contributed by atoms with Crippen molar-refractivity contribution in [2.45, 2.75) is 51.1 Å². The van der Waals surface area contributed by atoms with Crippen LogP contribution in [0.3, 0.4) is 0 Å². The first-order valence-corrected chi connectivity index (χ1v) is 10.1. The van der Waals surface area contributed by atoms with Crippen LogP contribution in [0.4, 0.5) is 0 Å². The molecule has 2 fully saturated rings. The Morgan fingerprint density at radius 3 is 2.78 bits per heavy atom. The number of hydrogen-bond donors (Lipinski definition) is 0. The average Bonchev–Trinajstić information content (AvgIpc) is 3.33. The van der Waals surface area contributed by atoms with Crippen LogP contribution in [0.15, 0.2) is 18.5 Å². The minimum absolute atomic E-state index is 0.124. The van der Waals surface area contributed by atoms with Gasteiger partial charge in [0.1, 0.15) is 18.2 Å². The molecule has 8 nitrogen and oxygen atoms in total. The Morgan fingerprint density at radius 1 is 1.15 bits per heavy atom. The van der Waals surface area contributed by atoms with E-state index in [0.717, 1.165) is 57.2 Å². The Balaban J connectivity index is 1.39. The van der Waals surface area contributed by atoms with Gasteiger partial charge in [-0.3, -0.25) is 14.4 Å². The number of hydrogen-bond acceptors (Lipinski definition) is 5. The summed E-state index contributed by atoms with van der Waals surface area (Å²) in [5.74, 6) is 2.43. The molecule has 0 N–H and O–H groups in total. The summed E-state index contributed by atoms with van der Waals surface area (Å²) in [5.41, 5.74) is 0. The van der Waals surface area contributed by atoms with Crippen LogP contribution in [0, 0.1) is 0 Å². The lowest BCUT2D eigenvalue weighted by Crippen LogP contribution is -2.41. The predicted octanol–water partition coefficient (Wildman–Crippen LogP) is 1.40. The SMILES string of the molecule is Cn1c(CN2CCCCC2)nnc1[C@@H]1CCCN(C(=O)Cn2cccn2)C1. The van der Waals surface area contributed by atoms with Crippen LogP contribution in [-0.4, -0.2) is 66.4 Å². The van der Waals surface area contributed by atoms with Crippen molar-refractivity contribution in [3.8, 4) is 0 Å². The second kappa shape index (κ2) is 8.21. The normalized spacial score (nSPS) is 21.5. The standard InChI is InChI=1S/C19H29N7O/c1-23-17(14-24-9-3-2-4-10-24)21-22-19(23)16-7-5-11-25(13-16)18(27)15-26-12-6-8-20-26/h6,8,12,16H,2-5,7,9-11,13-15H2,1H3/t16-/m1/s1. The van der Waals surface area contributed by atoms with Gasteiger partial charge in [-0.15, -0.1) is 10.2 Å². The summed E-state index contributed by atoms with van der Waals surface area (Å²) >= 11 is 0. The van der Waals surface area contributed by atoms with E-state index in [1.165, 1.54) is 19.3 Å². The average molecular weight is 371 g/mol. The third kappa shape index (κ3) is 4.21. The summed E-state index contributed by atoms with van der Waals surface area (Å²) in [5, 5.41) is 13.1. The van der Waals surface area contributed by atoms with Gasteiger partial charge in [0.2, 0.25) is 5.91 Å². The maximum atomic E-state index is 12.6. The van der Waals surface area contributed by atoms with E-state index in [4.69, 9.17) is 0 Å². The van der Waals surface area contributed by atoms with Crippen molar-refractivity contribution < 1.29 is 4.79 Å². The van der Waals surface area contributed by atoms with Crippen molar-refractivity contribution in [2.24, 2.45) is 7.05 Å². The molecule has 0 unspecified atom stereocenters. The summed E-state index contributed by atoms with van der Waals surface area (Å²) in [6, 6.07) is 1.84. The Bertz CT molecular complexity index is 748. The molecule has 0 aromatic carbocycles. The van der Waals surface area contributed by atoms with Gasteiger partial charge in [0.25, 0.3) is 0 Å². The van der Waals surface area contributed by atoms with Crippen LogP contribution in [0.2, 0.25) is 0 Å². The number of aromatic nitrogens is 5. The number of rotatable bonds is 5. The predicted molar refractivity (Wildman–Crippen MR) is 101 cm³/mol.